The van der Waals surface area contributed by atoms with E-state index in [1.54, 1.807) is 12.1 Å². The molecular formula is C16H19NO2S. The largest absolute Gasteiger partial charge is 0.338 e. The van der Waals surface area contributed by atoms with Crippen LogP contribution in [0, 0.1) is 6.92 Å². The summed E-state index contributed by atoms with van der Waals surface area (Å²) in [6.45, 7) is 3.53. The van der Waals surface area contributed by atoms with Crippen LogP contribution < -0.4 is 0 Å². The van der Waals surface area contributed by atoms with Gasteiger partial charge in [-0.3, -0.25) is 9.59 Å². The van der Waals surface area contributed by atoms with Gasteiger partial charge in [-0.2, -0.15) is 11.8 Å². The lowest BCUT2D eigenvalue weighted by molar-refractivity contribution is -0.125. The van der Waals surface area contributed by atoms with Gasteiger partial charge in [0.25, 0.3) is 0 Å². The van der Waals surface area contributed by atoms with E-state index in [-0.39, 0.29) is 11.7 Å². The maximum Gasteiger partial charge on any atom is 0.246 e. The minimum Gasteiger partial charge on any atom is -0.338 e. The van der Waals surface area contributed by atoms with Crippen LogP contribution >= 0.6 is 11.8 Å². The van der Waals surface area contributed by atoms with Gasteiger partial charge >= 0.3 is 0 Å². The molecule has 106 valence electrons. The highest BCUT2D eigenvalue weighted by atomic mass is 32.2. The van der Waals surface area contributed by atoms with E-state index < -0.39 is 0 Å². The van der Waals surface area contributed by atoms with Crippen molar-refractivity contribution in [1.29, 1.82) is 0 Å². The van der Waals surface area contributed by atoms with Crippen LogP contribution in [0.4, 0.5) is 0 Å². The summed E-state index contributed by atoms with van der Waals surface area (Å²) >= 11 is 1.87. The van der Waals surface area contributed by atoms with E-state index in [4.69, 9.17) is 0 Å². The van der Waals surface area contributed by atoms with E-state index in [1.807, 2.05) is 35.7 Å². The fourth-order valence-electron chi connectivity index (χ4n) is 2.03. The van der Waals surface area contributed by atoms with Gasteiger partial charge in [0.05, 0.1) is 0 Å². The summed E-state index contributed by atoms with van der Waals surface area (Å²) in [5.41, 5.74) is 1.73. The van der Waals surface area contributed by atoms with Crippen molar-refractivity contribution in [2.75, 3.05) is 24.6 Å². The Labute approximate surface area is 124 Å². The number of allylic oxidation sites excluding steroid dienone is 1. The number of nitrogens with zero attached hydrogens (tertiary/aromatic N) is 1. The zero-order valence-corrected chi connectivity index (χ0v) is 12.5. The molecule has 0 unspecified atom stereocenters. The van der Waals surface area contributed by atoms with Crippen molar-refractivity contribution >= 4 is 23.5 Å². The molecule has 0 bridgehead atoms. The lowest BCUT2D eigenvalue weighted by Gasteiger charge is -2.17. The molecule has 1 fully saturated rings. The van der Waals surface area contributed by atoms with Crippen molar-refractivity contribution in [3.8, 4) is 0 Å². The van der Waals surface area contributed by atoms with Gasteiger partial charge < -0.3 is 4.90 Å². The number of ketones is 1. The third kappa shape index (κ3) is 4.23. The highest BCUT2D eigenvalue weighted by molar-refractivity contribution is 7.99. The molecule has 0 aromatic heterocycles. The second kappa shape index (κ2) is 7.29. The number of benzene rings is 1. The zero-order valence-electron chi connectivity index (χ0n) is 11.7. The first-order valence-corrected chi connectivity index (χ1v) is 7.98. The predicted molar refractivity (Wildman–Crippen MR) is 83.2 cm³/mol. The van der Waals surface area contributed by atoms with E-state index in [0.717, 1.165) is 36.6 Å². The molecule has 0 atom stereocenters. The first kappa shape index (κ1) is 14.9. The Morgan fingerprint density at radius 1 is 1.10 bits per heavy atom. The second-order valence-corrected chi connectivity index (χ2v) is 6.08. The van der Waals surface area contributed by atoms with Gasteiger partial charge in [0.2, 0.25) is 5.91 Å². The molecule has 1 heterocycles. The fourth-order valence-corrected chi connectivity index (χ4v) is 2.92. The highest BCUT2D eigenvalue weighted by Crippen LogP contribution is 2.10. The molecule has 1 aliphatic heterocycles. The van der Waals surface area contributed by atoms with Gasteiger partial charge in [-0.05, 0) is 25.2 Å². The number of amides is 1. The minimum atomic E-state index is -0.123. The normalized spacial score (nSPS) is 16.1. The number of thioether (sulfide) groups is 1. The van der Waals surface area contributed by atoms with Crippen LogP contribution in [0.2, 0.25) is 0 Å². The average molecular weight is 289 g/mol. The fraction of sp³-hybridized carbons (Fsp3) is 0.375. The summed E-state index contributed by atoms with van der Waals surface area (Å²) < 4.78 is 0. The quantitative estimate of drug-likeness (QED) is 0.634. The van der Waals surface area contributed by atoms with E-state index in [0.29, 0.717) is 5.56 Å². The molecule has 1 aromatic rings. The zero-order chi connectivity index (χ0) is 14.4. The van der Waals surface area contributed by atoms with Crippen molar-refractivity contribution in [3.05, 3.63) is 47.5 Å². The summed E-state index contributed by atoms with van der Waals surface area (Å²) in [4.78, 5) is 25.8. The third-order valence-corrected chi connectivity index (χ3v) is 4.30. The number of carbonyl (C=O) groups is 2. The Kier molecular flexibility index (Phi) is 5.41. The van der Waals surface area contributed by atoms with Crippen LogP contribution in [-0.2, 0) is 4.79 Å². The molecule has 0 spiro atoms. The first-order chi connectivity index (χ1) is 9.66. The van der Waals surface area contributed by atoms with Crippen LogP contribution in [0.5, 0.6) is 0 Å². The Bertz CT molecular complexity index is 500. The highest BCUT2D eigenvalue weighted by Gasteiger charge is 2.13. The molecule has 0 N–H and O–H groups in total. The Hall–Kier alpha value is -1.55. The van der Waals surface area contributed by atoms with Crippen molar-refractivity contribution in [2.24, 2.45) is 0 Å². The van der Waals surface area contributed by atoms with Gasteiger partial charge in [0.15, 0.2) is 5.78 Å². The van der Waals surface area contributed by atoms with E-state index >= 15 is 0 Å². The summed E-state index contributed by atoms with van der Waals surface area (Å²) in [6, 6.07) is 7.37. The standard InChI is InChI=1S/C16H19NO2S/c1-13-3-5-14(6-4-13)15(18)7-8-16(19)17-9-2-11-20-12-10-17/h3-8H,2,9-12H2,1H3. The Balaban J connectivity index is 1.95. The van der Waals surface area contributed by atoms with Crippen LogP contribution in [0.1, 0.15) is 22.3 Å². The number of hydrogen-bond donors (Lipinski definition) is 0. The molecule has 1 aromatic carbocycles. The van der Waals surface area contributed by atoms with Crippen molar-refractivity contribution in [3.63, 3.8) is 0 Å². The van der Waals surface area contributed by atoms with Gasteiger partial charge in [-0.15, -0.1) is 0 Å². The van der Waals surface area contributed by atoms with Crippen molar-refractivity contribution in [1.82, 2.24) is 4.90 Å². The lowest BCUT2D eigenvalue weighted by atomic mass is 10.1. The molecule has 1 saturated heterocycles. The topological polar surface area (TPSA) is 37.4 Å². The Morgan fingerprint density at radius 2 is 1.85 bits per heavy atom. The predicted octanol–water partition coefficient (Wildman–Crippen LogP) is 2.70. The molecule has 1 amide bonds. The van der Waals surface area contributed by atoms with Gasteiger partial charge in [0, 0.05) is 30.5 Å². The van der Waals surface area contributed by atoms with Crippen LogP contribution in [0.25, 0.3) is 0 Å². The smallest absolute Gasteiger partial charge is 0.246 e. The molecule has 2 rings (SSSR count). The SMILES string of the molecule is Cc1ccc(C(=O)C=CC(=O)N2CCCSCC2)cc1. The Morgan fingerprint density at radius 3 is 2.60 bits per heavy atom. The second-order valence-electron chi connectivity index (χ2n) is 4.85. The number of carbonyl (C=O) groups excluding carboxylic acids is 2. The molecule has 0 aliphatic carbocycles. The monoisotopic (exact) mass is 289 g/mol. The summed E-state index contributed by atoms with van der Waals surface area (Å²) in [7, 11) is 0. The number of aryl methyl sites for hydroxylation is 1. The molecule has 3 nitrogen and oxygen atoms in total. The molecule has 0 saturated carbocycles. The average Bonchev–Trinajstić information content (AvgIpc) is 2.74. The molecule has 0 radical (unpaired) electrons. The van der Waals surface area contributed by atoms with E-state index in [9.17, 15) is 9.59 Å². The van der Waals surface area contributed by atoms with E-state index in [1.165, 1.54) is 12.2 Å². The third-order valence-electron chi connectivity index (χ3n) is 3.25. The van der Waals surface area contributed by atoms with Crippen molar-refractivity contribution in [2.45, 2.75) is 13.3 Å². The first-order valence-electron chi connectivity index (χ1n) is 6.82. The molecule has 20 heavy (non-hydrogen) atoms. The molecule has 1 aliphatic rings. The summed E-state index contributed by atoms with van der Waals surface area (Å²) in [5, 5.41) is 0. The number of hydrogen-bond acceptors (Lipinski definition) is 3. The molecule has 4 heteroatoms. The van der Waals surface area contributed by atoms with Gasteiger partial charge in [-0.1, -0.05) is 29.8 Å². The van der Waals surface area contributed by atoms with Crippen LogP contribution in [-0.4, -0.2) is 41.2 Å². The van der Waals surface area contributed by atoms with Crippen LogP contribution in [0.15, 0.2) is 36.4 Å². The summed E-state index contributed by atoms with van der Waals surface area (Å²) in [5.74, 6) is 1.90. The summed E-state index contributed by atoms with van der Waals surface area (Å²) in [6.07, 6.45) is 3.80. The van der Waals surface area contributed by atoms with E-state index in [2.05, 4.69) is 0 Å². The number of rotatable bonds is 3. The lowest BCUT2D eigenvalue weighted by Crippen LogP contribution is -2.31. The van der Waals surface area contributed by atoms with Gasteiger partial charge in [0.1, 0.15) is 0 Å². The van der Waals surface area contributed by atoms with Gasteiger partial charge in [-0.25, -0.2) is 0 Å². The molecular weight excluding hydrogens is 270 g/mol. The maximum absolute atomic E-state index is 12.0. The van der Waals surface area contributed by atoms with Crippen molar-refractivity contribution < 1.29 is 9.59 Å². The minimum absolute atomic E-state index is 0.0621. The maximum atomic E-state index is 12.0. The van der Waals surface area contributed by atoms with Crippen LogP contribution in [0.3, 0.4) is 0 Å².